The number of aryl methyl sites for hydroxylation is 1. The molecule has 0 bridgehead atoms. The quantitative estimate of drug-likeness (QED) is 0.185. The lowest BCUT2D eigenvalue weighted by molar-refractivity contribution is -0.118. The molecule has 2 N–H and O–H groups in total. The molecule has 0 aliphatic rings. The van der Waals surface area contributed by atoms with Gasteiger partial charge in [-0.1, -0.05) is 79.7 Å². The van der Waals surface area contributed by atoms with Crippen molar-refractivity contribution in [3.63, 3.8) is 0 Å². The predicted octanol–water partition coefficient (Wildman–Crippen LogP) is 10.7. The molecule has 0 atom stereocenters. The number of H-pyrrole nitrogens is 1. The van der Waals surface area contributed by atoms with Gasteiger partial charge in [0.05, 0.1) is 18.2 Å². The molecule has 2 heterocycles. The van der Waals surface area contributed by atoms with Gasteiger partial charge in [-0.2, -0.15) is 0 Å². The third kappa shape index (κ3) is 11.8. The van der Waals surface area contributed by atoms with Gasteiger partial charge in [-0.3, -0.25) is 4.79 Å². The van der Waals surface area contributed by atoms with Crippen molar-refractivity contribution in [3.05, 3.63) is 84.0 Å². The molecular formula is C36H49F2N5O. The number of carbonyl (C=O) groups is 1. The number of imidazole rings is 1. The second-order valence-corrected chi connectivity index (χ2v) is 9.91. The lowest BCUT2D eigenvalue weighted by Gasteiger charge is -2.10. The SMILES string of the molecule is C/C(=C\c1ccc(-c2nccc(Nc3ccc(-c4cnc[nH]4)cc3)n2)cc1C)C(=O)C(C)C.CC.CC.CCC(F)(F)CC. The predicted molar refractivity (Wildman–Crippen MR) is 181 cm³/mol. The third-order valence-electron chi connectivity index (χ3n) is 6.47. The highest BCUT2D eigenvalue weighted by molar-refractivity contribution is 6.00. The summed E-state index contributed by atoms with van der Waals surface area (Å²) in [5.41, 5.74) is 6.76. The zero-order chi connectivity index (χ0) is 33.3. The molecule has 0 saturated heterocycles. The topological polar surface area (TPSA) is 83.6 Å². The lowest BCUT2D eigenvalue weighted by atomic mass is 9.97. The maximum atomic E-state index is 12.2. The molecule has 8 heteroatoms. The number of aromatic nitrogens is 4. The minimum absolute atomic E-state index is 0.00819. The van der Waals surface area contributed by atoms with Gasteiger partial charge in [0.25, 0.3) is 0 Å². The molecule has 0 saturated carbocycles. The van der Waals surface area contributed by atoms with E-state index in [0.29, 0.717) is 11.6 Å². The normalized spacial score (nSPS) is 10.9. The van der Waals surface area contributed by atoms with Gasteiger partial charge in [0.15, 0.2) is 11.6 Å². The van der Waals surface area contributed by atoms with Crippen LogP contribution in [0.3, 0.4) is 0 Å². The summed E-state index contributed by atoms with van der Waals surface area (Å²) in [5.74, 6) is -0.902. The van der Waals surface area contributed by atoms with Crippen LogP contribution >= 0.6 is 0 Å². The van der Waals surface area contributed by atoms with Crippen LogP contribution in [0.15, 0.2) is 72.8 Å². The summed E-state index contributed by atoms with van der Waals surface area (Å²) in [6, 6.07) is 16.0. The van der Waals surface area contributed by atoms with Crippen LogP contribution in [0.1, 0.15) is 86.3 Å². The van der Waals surface area contributed by atoms with Crippen molar-refractivity contribution >= 4 is 23.4 Å². The van der Waals surface area contributed by atoms with Crippen molar-refractivity contribution in [1.82, 2.24) is 19.9 Å². The largest absolute Gasteiger partial charge is 0.345 e. The van der Waals surface area contributed by atoms with E-state index < -0.39 is 5.92 Å². The van der Waals surface area contributed by atoms with Crippen LogP contribution in [0.5, 0.6) is 0 Å². The molecule has 0 amide bonds. The average molecular weight is 606 g/mol. The standard InChI is InChI=1S/C27H27N5O.C5H10F2.2C2H6/c1-17(2)26(33)19(4)14-21-5-6-22(13-18(21)3)27-29-12-11-25(32-27)31-23-9-7-20(8-10-23)24-15-28-16-30-24;1-3-5(6,7)4-2;2*1-2/h5-17H,1-4H3,(H,28,30)(H,29,31,32);3-4H2,1-2H3;2*1-2H3/b19-14+;;;. The maximum Gasteiger partial charge on any atom is 0.247 e. The van der Waals surface area contributed by atoms with Gasteiger partial charge >= 0.3 is 0 Å². The highest BCUT2D eigenvalue weighted by Crippen LogP contribution is 2.25. The maximum absolute atomic E-state index is 12.2. The summed E-state index contributed by atoms with van der Waals surface area (Å²) in [6.07, 6.45) is 7.09. The van der Waals surface area contributed by atoms with Gasteiger partial charge in [-0.05, 0) is 66.5 Å². The number of halogens is 2. The second kappa shape index (κ2) is 19.2. The summed E-state index contributed by atoms with van der Waals surface area (Å²) in [5, 5.41) is 3.34. The van der Waals surface area contributed by atoms with Crippen LogP contribution in [-0.2, 0) is 4.79 Å². The lowest BCUT2D eigenvalue weighted by Crippen LogP contribution is -2.10. The molecule has 6 nitrogen and oxygen atoms in total. The molecule has 2 aromatic heterocycles. The van der Waals surface area contributed by atoms with E-state index in [1.807, 2.05) is 104 Å². The van der Waals surface area contributed by atoms with Gasteiger partial charge in [0.1, 0.15) is 5.82 Å². The van der Waals surface area contributed by atoms with Gasteiger partial charge in [0.2, 0.25) is 5.92 Å². The Morgan fingerprint density at radius 1 is 0.977 bits per heavy atom. The molecule has 4 aromatic rings. The summed E-state index contributed by atoms with van der Waals surface area (Å²) in [6.45, 7) is 18.7. The van der Waals surface area contributed by atoms with E-state index in [2.05, 4.69) is 31.3 Å². The minimum Gasteiger partial charge on any atom is -0.345 e. The van der Waals surface area contributed by atoms with E-state index in [1.165, 1.54) is 13.8 Å². The molecule has 238 valence electrons. The zero-order valence-corrected chi connectivity index (χ0v) is 27.9. The third-order valence-corrected chi connectivity index (χ3v) is 6.47. The number of hydrogen-bond donors (Lipinski definition) is 2. The van der Waals surface area contributed by atoms with Crippen LogP contribution in [0.4, 0.5) is 20.3 Å². The summed E-state index contributed by atoms with van der Waals surface area (Å²) in [7, 11) is 0. The Kier molecular flexibility index (Phi) is 16.5. The molecule has 0 aliphatic carbocycles. The average Bonchev–Trinajstić information content (AvgIpc) is 3.59. The molecule has 2 aromatic carbocycles. The number of allylic oxidation sites excluding steroid dienone is 1. The summed E-state index contributed by atoms with van der Waals surface area (Å²) in [4.78, 5) is 28.5. The Hall–Kier alpha value is -4.20. The van der Waals surface area contributed by atoms with Crippen LogP contribution in [0, 0.1) is 12.8 Å². The highest BCUT2D eigenvalue weighted by atomic mass is 19.3. The van der Waals surface area contributed by atoms with Crippen molar-refractivity contribution in [2.75, 3.05) is 5.32 Å². The van der Waals surface area contributed by atoms with Crippen molar-refractivity contribution in [2.45, 2.75) is 88.0 Å². The number of hydrogen-bond acceptors (Lipinski definition) is 5. The summed E-state index contributed by atoms with van der Waals surface area (Å²) < 4.78 is 23.8. The minimum atomic E-state index is -2.42. The first-order valence-corrected chi connectivity index (χ1v) is 15.4. The molecule has 44 heavy (non-hydrogen) atoms. The van der Waals surface area contributed by atoms with E-state index in [1.54, 1.807) is 18.7 Å². The number of anilines is 2. The Morgan fingerprint density at radius 3 is 2.09 bits per heavy atom. The van der Waals surface area contributed by atoms with Crippen LogP contribution in [-0.4, -0.2) is 31.6 Å². The van der Waals surface area contributed by atoms with Crippen molar-refractivity contribution < 1.29 is 13.6 Å². The monoisotopic (exact) mass is 605 g/mol. The van der Waals surface area contributed by atoms with E-state index in [4.69, 9.17) is 0 Å². The van der Waals surface area contributed by atoms with Gasteiger partial charge in [-0.25, -0.2) is 23.7 Å². The van der Waals surface area contributed by atoms with Crippen molar-refractivity contribution in [2.24, 2.45) is 5.92 Å². The van der Waals surface area contributed by atoms with Crippen molar-refractivity contribution in [3.8, 4) is 22.6 Å². The van der Waals surface area contributed by atoms with Gasteiger partial charge < -0.3 is 10.3 Å². The molecule has 0 aliphatic heterocycles. The van der Waals surface area contributed by atoms with Crippen molar-refractivity contribution in [1.29, 1.82) is 0 Å². The van der Waals surface area contributed by atoms with E-state index in [9.17, 15) is 13.6 Å². The Morgan fingerprint density at radius 2 is 1.59 bits per heavy atom. The number of carbonyl (C=O) groups excluding carboxylic acids is 1. The highest BCUT2D eigenvalue weighted by Gasteiger charge is 2.21. The fourth-order valence-electron chi connectivity index (χ4n) is 3.85. The fourth-order valence-corrected chi connectivity index (χ4v) is 3.85. The van der Waals surface area contributed by atoms with Crippen LogP contribution in [0.2, 0.25) is 0 Å². The van der Waals surface area contributed by atoms with Gasteiger partial charge in [0, 0.05) is 36.2 Å². The number of alkyl halides is 2. The first-order valence-electron chi connectivity index (χ1n) is 15.4. The number of nitrogens with one attached hydrogen (secondary N) is 2. The number of nitrogens with zero attached hydrogens (tertiary/aromatic N) is 3. The molecule has 0 spiro atoms. The second-order valence-electron chi connectivity index (χ2n) is 9.91. The number of ketones is 1. The summed E-state index contributed by atoms with van der Waals surface area (Å²) >= 11 is 0. The zero-order valence-electron chi connectivity index (χ0n) is 27.9. The molecule has 0 radical (unpaired) electrons. The Labute approximate surface area is 262 Å². The van der Waals surface area contributed by atoms with Crippen LogP contribution in [0.25, 0.3) is 28.7 Å². The van der Waals surface area contributed by atoms with E-state index in [-0.39, 0.29) is 24.5 Å². The van der Waals surface area contributed by atoms with Crippen LogP contribution < -0.4 is 5.32 Å². The number of aromatic amines is 1. The van der Waals surface area contributed by atoms with E-state index in [0.717, 1.165) is 39.2 Å². The first kappa shape index (κ1) is 37.8. The Balaban J connectivity index is 0.000000766. The smallest absolute Gasteiger partial charge is 0.247 e. The van der Waals surface area contributed by atoms with Gasteiger partial charge in [-0.15, -0.1) is 0 Å². The number of benzene rings is 2. The Bertz CT molecular complexity index is 1420. The molecular weight excluding hydrogens is 556 g/mol. The molecule has 4 rings (SSSR count). The molecule has 0 unspecified atom stereocenters. The number of rotatable bonds is 9. The first-order chi connectivity index (χ1) is 21.0. The fraction of sp³-hybridized carbons (Fsp3) is 0.389. The number of Topliss-reactive ketones (excluding diaryl/α,β-unsaturated/α-hetero) is 1. The molecule has 0 fully saturated rings. The van der Waals surface area contributed by atoms with E-state index >= 15 is 0 Å².